The number of cyclic esters (lactones) is 1. The molecule has 1 unspecified atom stereocenters. The van der Waals surface area contributed by atoms with Gasteiger partial charge in [0, 0.05) is 23.0 Å². The molecule has 1 aliphatic heterocycles. The van der Waals surface area contributed by atoms with E-state index in [0.717, 1.165) is 28.4 Å². The van der Waals surface area contributed by atoms with Gasteiger partial charge in [0.1, 0.15) is 23.7 Å². The number of carbonyl (C=O) groups excluding carboxylic acids is 2. The third-order valence-electron chi connectivity index (χ3n) is 9.16. The van der Waals surface area contributed by atoms with Gasteiger partial charge in [0.05, 0.1) is 6.42 Å². The minimum absolute atomic E-state index is 0.0318. The Morgan fingerprint density at radius 1 is 0.932 bits per heavy atom. The lowest BCUT2D eigenvalue weighted by atomic mass is 10.0. The molecule has 0 N–H and O–H groups in total. The number of ether oxygens (including phenoxy) is 2. The van der Waals surface area contributed by atoms with Crippen molar-refractivity contribution >= 4 is 40.3 Å². The molecule has 2 aromatic carbocycles. The van der Waals surface area contributed by atoms with Gasteiger partial charge in [0.25, 0.3) is 16.6 Å². The summed E-state index contributed by atoms with van der Waals surface area (Å²) >= 11 is 1.71. The van der Waals surface area contributed by atoms with E-state index < -0.39 is 16.6 Å². The monoisotopic (exact) mass is 658 g/mol. The van der Waals surface area contributed by atoms with E-state index in [0.29, 0.717) is 19.3 Å². The van der Waals surface area contributed by atoms with Gasteiger partial charge >= 0.3 is 11.9 Å². The van der Waals surface area contributed by atoms with Crippen molar-refractivity contribution < 1.29 is 27.9 Å². The Morgan fingerprint density at radius 2 is 1.52 bits per heavy atom. The molecular formula is C35H54O6SSi2. The Bertz CT molecular complexity index is 1270. The Balaban J connectivity index is 1.62. The minimum atomic E-state index is -2.14. The van der Waals surface area contributed by atoms with Crippen LogP contribution in [0.2, 0.25) is 36.3 Å². The maximum Gasteiger partial charge on any atom is 0.307 e. The maximum absolute atomic E-state index is 12.9. The third-order valence-corrected chi connectivity index (χ3v) is 19.1. The highest BCUT2D eigenvalue weighted by atomic mass is 32.2. The fraction of sp³-hybridized carbons (Fsp3) is 0.600. The highest BCUT2D eigenvalue weighted by Gasteiger charge is 2.42. The quantitative estimate of drug-likeness (QED) is 0.166. The Morgan fingerprint density at radius 3 is 2.11 bits per heavy atom. The van der Waals surface area contributed by atoms with Crippen LogP contribution in [0.4, 0.5) is 0 Å². The van der Waals surface area contributed by atoms with Gasteiger partial charge in [0.2, 0.25) is 0 Å². The van der Waals surface area contributed by atoms with Crippen molar-refractivity contribution in [2.45, 2.75) is 139 Å². The fourth-order valence-corrected chi connectivity index (χ4v) is 7.72. The molecule has 0 aromatic heterocycles. The molecule has 2 aromatic rings. The van der Waals surface area contributed by atoms with Crippen LogP contribution in [0.1, 0.15) is 79.7 Å². The zero-order chi connectivity index (χ0) is 32.9. The van der Waals surface area contributed by atoms with Gasteiger partial charge in [-0.1, -0.05) is 65.8 Å². The summed E-state index contributed by atoms with van der Waals surface area (Å²) in [6.07, 6.45) is 1.81. The molecule has 0 bridgehead atoms. The molecule has 0 saturated carbocycles. The van der Waals surface area contributed by atoms with Gasteiger partial charge in [-0.05, 0) is 85.9 Å². The summed E-state index contributed by atoms with van der Waals surface area (Å²) < 4.78 is 24.9. The number of hydrogen-bond acceptors (Lipinski definition) is 7. The van der Waals surface area contributed by atoms with Crippen molar-refractivity contribution in [3.63, 3.8) is 0 Å². The first-order chi connectivity index (χ1) is 20.3. The van der Waals surface area contributed by atoms with Crippen molar-refractivity contribution in [1.82, 2.24) is 0 Å². The van der Waals surface area contributed by atoms with E-state index in [1.807, 2.05) is 43.3 Å². The minimum Gasteiger partial charge on any atom is -0.541 e. The largest absolute Gasteiger partial charge is 0.541 e. The van der Waals surface area contributed by atoms with E-state index in [2.05, 4.69) is 79.9 Å². The highest BCUT2D eigenvalue weighted by Crippen LogP contribution is 2.44. The average molecular weight is 659 g/mol. The topological polar surface area (TPSA) is 71.1 Å². The number of hydrogen-bond donors (Lipinski definition) is 0. The average Bonchev–Trinajstić information content (AvgIpc) is 2.87. The van der Waals surface area contributed by atoms with Crippen LogP contribution in [-0.2, 0) is 25.5 Å². The lowest BCUT2D eigenvalue weighted by molar-refractivity contribution is -0.158. The SMILES string of the molecule is C[C@H](C[C@@H]1CC(Sc2ccccc2)CC(=O)O1)OC(=O)CCc1ccc(O[Si](C)(C)C(C)(C)C)c(O[Si](C)(C)C(C)(C)C)c1. The van der Waals surface area contributed by atoms with Gasteiger partial charge < -0.3 is 18.3 Å². The molecule has 6 nitrogen and oxygen atoms in total. The molecule has 1 heterocycles. The number of thioether (sulfide) groups is 1. The molecule has 3 atom stereocenters. The second-order valence-electron chi connectivity index (χ2n) is 15.1. The van der Waals surface area contributed by atoms with Crippen molar-refractivity contribution in [1.29, 1.82) is 0 Å². The normalized spacial score (nSPS) is 18.8. The summed E-state index contributed by atoms with van der Waals surface area (Å²) in [4.78, 5) is 26.3. The summed E-state index contributed by atoms with van der Waals surface area (Å²) in [5.41, 5.74) is 1.01. The van der Waals surface area contributed by atoms with Crippen LogP contribution in [0, 0.1) is 0 Å². The molecule has 0 amide bonds. The smallest absolute Gasteiger partial charge is 0.307 e. The Kier molecular flexibility index (Phi) is 11.9. The zero-order valence-electron chi connectivity index (χ0n) is 28.7. The van der Waals surface area contributed by atoms with Gasteiger partial charge in [-0.15, -0.1) is 11.8 Å². The summed E-state index contributed by atoms with van der Waals surface area (Å²) in [7, 11) is -4.22. The van der Waals surface area contributed by atoms with Gasteiger partial charge in [-0.3, -0.25) is 9.59 Å². The van der Waals surface area contributed by atoms with E-state index >= 15 is 0 Å². The number of carbonyl (C=O) groups is 2. The van der Waals surface area contributed by atoms with E-state index in [1.165, 1.54) is 0 Å². The zero-order valence-corrected chi connectivity index (χ0v) is 31.6. The molecule has 1 fully saturated rings. The van der Waals surface area contributed by atoms with Gasteiger partial charge in [-0.2, -0.15) is 0 Å². The van der Waals surface area contributed by atoms with Crippen molar-refractivity contribution in [3.8, 4) is 11.5 Å². The van der Waals surface area contributed by atoms with Crippen LogP contribution in [0.5, 0.6) is 11.5 Å². The molecule has 1 aliphatic rings. The second-order valence-corrected chi connectivity index (χ2v) is 26.0. The highest BCUT2D eigenvalue weighted by molar-refractivity contribution is 8.00. The first kappa shape index (κ1) is 36.2. The van der Waals surface area contributed by atoms with Crippen molar-refractivity contribution in [3.05, 3.63) is 54.1 Å². The Labute approximate surface area is 272 Å². The number of esters is 2. The molecule has 1 saturated heterocycles. The molecule has 244 valence electrons. The van der Waals surface area contributed by atoms with Crippen LogP contribution < -0.4 is 8.85 Å². The van der Waals surface area contributed by atoms with E-state index in [9.17, 15) is 9.59 Å². The van der Waals surface area contributed by atoms with Crippen LogP contribution >= 0.6 is 11.8 Å². The third kappa shape index (κ3) is 10.4. The summed E-state index contributed by atoms with van der Waals surface area (Å²) in [5, 5.41) is 0.236. The molecule has 3 rings (SSSR count). The van der Waals surface area contributed by atoms with Gasteiger partial charge in [-0.25, -0.2) is 0 Å². The standard InChI is InChI=1S/C35H54O6SSi2/c1-25(21-27-23-29(24-33(37)39-27)42-28-15-13-12-14-16-28)38-32(36)20-18-26-17-19-30(40-43(8,9)34(2,3)4)31(22-26)41-44(10,11)35(5,6)7/h12-17,19,22,25,27,29H,18,20-21,23-24H2,1-11H3/t25-,27-,29?/m1/s1. The fourth-order valence-electron chi connectivity index (χ4n) is 4.45. The predicted octanol–water partition coefficient (Wildman–Crippen LogP) is 9.58. The molecule has 44 heavy (non-hydrogen) atoms. The lowest BCUT2D eigenvalue weighted by Gasteiger charge is -2.39. The van der Waals surface area contributed by atoms with Crippen LogP contribution in [-0.4, -0.2) is 46.0 Å². The van der Waals surface area contributed by atoms with Crippen LogP contribution in [0.25, 0.3) is 0 Å². The molecule has 0 radical (unpaired) electrons. The van der Waals surface area contributed by atoms with Crippen molar-refractivity contribution in [2.24, 2.45) is 0 Å². The maximum atomic E-state index is 12.9. The molecular weight excluding hydrogens is 605 g/mol. The van der Waals surface area contributed by atoms with Gasteiger partial charge in [0.15, 0.2) is 0 Å². The number of benzene rings is 2. The van der Waals surface area contributed by atoms with E-state index in [1.54, 1.807) is 11.8 Å². The molecule has 9 heteroatoms. The molecule has 0 aliphatic carbocycles. The second kappa shape index (κ2) is 14.5. The lowest BCUT2D eigenvalue weighted by Crippen LogP contribution is -2.45. The Hall–Kier alpha value is -2.24. The van der Waals surface area contributed by atoms with E-state index in [-0.39, 0.29) is 45.9 Å². The first-order valence-corrected chi connectivity index (χ1v) is 22.6. The number of rotatable bonds is 12. The summed E-state index contributed by atoms with van der Waals surface area (Å²) in [6.45, 7) is 24.2. The van der Waals surface area contributed by atoms with E-state index in [4.69, 9.17) is 18.3 Å². The van der Waals surface area contributed by atoms with Crippen molar-refractivity contribution in [2.75, 3.05) is 0 Å². The van der Waals surface area contributed by atoms with Crippen LogP contribution in [0.3, 0.4) is 0 Å². The molecule has 0 spiro atoms. The van der Waals surface area contributed by atoms with Crippen LogP contribution in [0.15, 0.2) is 53.4 Å². The summed E-state index contributed by atoms with van der Waals surface area (Å²) in [6, 6.07) is 16.2. The predicted molar refractivity (Wildman–Crippen MR) is 186 cm³/mol. The number of aryl methyl sites for hydroxylation is 1. The summed E-state index contributed by atoms with van der Waals surface area (Å²) in [5.74, 6) is 1.10. The first-order valence-electron chi connectivity index (χ1n) is 15.9.